The van der Waals surface area contributed by atoms with E-state index in [-0.39, 0.29) is 0 Å². The van der Waals surface area contributed by atoms with Gasteiger partial charge in [0.05, 0.1) is 6.61 Å². The maximum absolute atomic E-state index is 6.14. The van der Waals surface area contributed by atoms with Crippen molar-refractivity contribution in [3.8, 4) is 0 Å². The second-order valence-corrected chi connectivity index (χ2v) is 5.58. The summed E-state index contributed by atoms with van der Waals surface area (Å²) in [4.78, 5) is 2.61. The van der Waals surface area contributed by atoms with Gasteiger partial charge in [-0.3, -0.25) is 0 Å². The van der Waals surface area contributed by atoms with Crippen LogP contribution in [0.3, 0.4) is 0 Å². The molecular weight excluding hydrogens is 200 g/mol. The summed E-state index contributed by atoms with van der Waals surface area (Å²) in [5.74, 6) is 1.50. The Hall–Kier alpha value is -0.120. The number of nitrogens with zero attached hydrogens (tertiary/aromatic N) is 1. The van der Waals surface area contributed by atoms with Crippen molar-refractivity contribution in [1.82, 2.24) is 4.90 Å². The lowest BCUT2D eigenvalue weighted by Gasteiger charge is -2.34. The van der Waals surface area contributed by atoms with Crippen LogP contribution in [0.25, 0.3) is 0 Å². The zero-order valence-electron chi connectivity index (χ0n) is 10.5. The van der Waals surface area contributed by atoms with Crippen molar-refractivity contribution in [2.75, 3.05) is 33.4 Å². The van der Waals surface area contributed by atoms with Crippen LogP contribution < -0.4 is 5.73 Å². The van der Waals surface area contributed by atoms with E-state index in [4.69, 9.17) is 10.5 Å². The maximum atomic E-state index is 6.14. The highest BCUT2D eigenvalue weighted by Crippen LogP contribution is 2.26. The van der Waals surface area contributed by atoms with E-state index in [1.165, 1.54) is 51.7 Å². The smallest absolute Gasteiger partial charge is 0.0502 e. The molecule has 2 rings (SSSR count). The Morgan fingerprint density at radius 1 is 1.25 bits per heavy atom. The van der Waals surface area contributed by atoms with Gasteiger partial charge in [0.2, 0.25) is 0 Å². The average Bonchev–Trinajstić information content (AvgIpc) is 2.66. The van der Waals surface area contributed by atoms with Gasteiger partial charge in [-0.15, -0.1) is 0 Å². The van der Waals surface area contributed by atoms with Crippen LogP contribution in [0.15, 0.2) is 0 Å². The monoisotopic (exact) mass is 226 g/mol. The van der Waals surface area contributed by atoms with Gasteiger partial charge >= 0.3 is 0 Å². The molecule has 2 fully saturated rings. The Morgan fingerprint density at radius 2 is 2.12 bits per heavy atom. The number of hydrogen-bond donors (Lipinski definition) is 1. The molecule has 0 spiro atoms. The minimum absolute atomic E-state index is 0.461. The summed E-state index contributed by atoms with van der Waals surface area (Å²) in [6.07, 6.45) is 6.57. The van der Waals surface area contributed by atoms with E-state index in [9.17, 15) is 0 Å². The number of nitrogens with two attached hydrogens (primary N) is 1. The number of methoxy groups -OCH3 is 1. The number of rotatable bonds is 4. The zero-order chi connectivity index (χ0) is 11.4. The molecule has 1 aliphatic carbocycles. The van der Waals surface area contributed by atoms with Gasteiger partial charge in [-0.25, -0.2) is 0 Å². The van der Waals surface area contributed by atoms with Gasteiger partial charge in [-0.2, -0.15) is 0 Å². The van der Waals surface area contributed by atoms with Crippen LogP contribution in [0.4, 0.5) is 0 Å². The molecule has 2 N–H and O–H groups in total. The van der Waals surface area contributed by atoms with Crippen LogP contribution in [0.1, 0.15) is 32.1 Å². The van der Waals surface area contributed by atoms with Crippen molar-refractivity contribution in [3.63, 3.8) is 0 Å². The van der Waals surface area contributed by atoms with Crippen LogP contribution in [0.2, 0.25) is 0 Å². The summed E-state index contributed by atoms with van der Waals surface area (Å²) in [6.45, 7) is 4.63. The lowest BCUT2D eigenvalue weighted by molar-refractivity contribution is 0.0817. The van der Waals surface area contributed by atoms with Gasteiger partial charge in [0, 0.05) is 26.2 Å². The Balaban J connectivity index is 1.76. The molecule has 0 aromatic carbocycles. The third-order valence-electron chi connectivity index (χ3n) is 4.22. The molecule has 0 radical (unpaired) electrons. The molecule has 2 aliphatic rings. The minimum Gasteiger partial charge on any atom is -0.384 e. The molecule has 3 heteroatoms. The van der Waals surface area contributed by atoms with Crippen LogP contribution in [0, 0.1) is 11.8 Å². The first-order valence-electron chi connectivity index (χ1n) is 6.76. The molecule has 94 valence electrons. The van der Waals surface area contributed by atoms with Crippen LogP contribution >= 0.6 is 0 Å². The van der Waals surface area contributed by atoms with E-state index in [0.717, 1.165) is 18.4 Å². The zero-order valence-corrected chi connectivity index (χ0v) is 10.5. The molecule has 0 amide bonds. The Labute approximate surface area is 99.3 Å². The number of likely N-dealkylation sites (tertiary alicyclic amines) is 1. The molecule has 1 heterocycles. The van der Waals surface area contributed by atoms with Gasteiger partial charge < -0.3 is 15.4 Å². The molecule has 1 saturated heterocycles. The molecule has 3 nitrogen and oxygen atoms in total. The molecule has 0 aromatic rings. The number of piperidine rings is 1. The minimum atomic E-state index is 0.461. The highest BCUT2D eigenvalue weighted by atomic mass is 16.5. The van der Waals surface area contributed by atoms with Gasteiger partial charge in [-0.1, -0.05) is 6.42 Å². The SMILES string of the molecule is COCC1CCCN(CC2CCCC2N)C1. The van der Waals surface area contributed by atoms with Gasteiger partial charge in [0.25, 0.3) is 0 Å². The Bertz CT molecular complexity index is 208. The van der Waals surface area contributed by atoms with E-state index in [1.807, 2.05) is 7.11 Å². The summed E-state index contributed by atoms with van der Waals surface area (Å²) in [7, 11) is 1.81. The molecule has 0 aromatic heterocycles. The maximum Gasteiger partial charge on any atom is 0.0502 e. The first kappa shape index (κ1) is 12.3. The van der Waals surface area contributed by atoms with Crippen molar-refractivity contribution >= 4 is 0 Å². The highest BCUT2D eigenvalue weighted by Gasteiger charge is 2.28. The molecule has 1 saturated carbocycles. The van der Waals surface area contributed by atoms with Gasteiger partial charge in [-0.05, 0) is 44.1 Å². The quantitative estimate of drug-likeness (QED) is 0.789. The summed E-state index contributed by atoms with van der Waals surface area (Å²) in [5, 5.41) is 0. The van der Waals surface area contributed by atoms with E-state index < -0.39 is 0 Å². The largest absolute Gasteiger partial charge is 0.384 e. The standard InChI is InChI=1S/C13H26N2O/c1-16-10-11-4-3-7-15(8-11)9-12-5-2-6-13(12)14/h11-13H,2-10,14H2,1H3. The fourth-order valence-corrected chi connectivity index (χ4v) is 3.31. The number of ether oxygens (including phenoxy) is 1. The second-order valence-electron chi connectivity index (χ2n) is 5.58. The van der Waals surface area contributed by atoms with Crippen molar-refractivity contribution in [3.05, 3.63) is 0 Å². The average molecular weight is 226 g/mol. The van der Waals surface area contributed by atoms with Crippen molar-refractivity contribution < 1.29 is 4.74 Å². The van der Waals surface area contributed by atoms with Crippen molar-refractivity contribution in [1.29, 1.82) is 0 Å². The summed E-state index contributed by atoms with van der Waals surface area (Å²) in [6, 6.07) is 0.461. The van der Waals surface area contributed by atoms with Crippen LogP contribution in [0.5, 0.6) is 0 Å². The predicted octanol–water partition coefficient (Wildman–Crippen LogP) is 1.47. The van der Waals surface area contributed by atoms with E-state index in [1.54, 1.807) is 0 Å². The normalized spacial score (nSPS) is 36.8. The summed E-state index contributed by atoms with van der Waals surface area (Å²) >= 11 is 0. The van der Waals surface area contributed by atoms with Crippen LogP contribution in [-0.4, -0.2) is 44.3 Å². The fraction of sp³-hybridized carbons (Fsp3) is 1.00. The lowest BCUT2D eigenvalue weighted by Crippen LogP contribution is -2.42. The third kappa shape index (κ3) is 3.19. The predicted molar refractivity (Wildman–Crippen MR) is 66.4 cm³/mol. The molecule has 16 heavy (non-hydrogen) atoms. The molecule has 3 atom stereocenters. The van der Waals surface area contributed by atoms with Crippen molar-refractivity contribution in [2.24, 2.45) is 17.6 Å². The van der Waals surface area contributed by atoms with E-state index >= 15 is 0 Å². The van der Waals surface area contributed by atoms with E-state index in [0.29, 0.717) is 6.04 Å². The summed E-state index contributed by atoms with van der Waals surface area (Å²) in [5.41, 5.74) is 6.14. The Kier molecular flexibility index (Phi) is 4.62. The Morgan fingerprint density at radius 3 is 2.81 bits per heavy atom. The van der Waals surface area contributed by atoms with Crippen LogP contribution in [-0.2, 0) is 4.74 Å². The number of hydrogen-bond acceptors (Lipinski definition) is 3. The summed E-state index contributed by atoms with van der Waals surface area (Å²) < 4.78 is 5.27. The van der Waals surface area contributed by atoms with Gasteiger partial charge in [0.15, 0.2) is 0 Å². The molecule has 1 aliphatic heterocycles. The van der Waals surface area contributed by atoms with Gasteiger partial charge in [0.1, 0.15) is 0 Å². The van der Waals surface area contributed by atoms with Crippen molar-refractivity contribution in [2.45, 2.75) is 38.1 Å². The first-order chi connectivity index (χ1) is 7.79. The lowest BCUT2D eigenvalue weighted by atomic mass is 9.96. The molecule has 3 unspecified atom stereocenters. The second kappa shape index (κ2) is 5.99. The first-order valence-corrected chi connectivity index (χ1v) is 6.76. The highest BCUT2D eigenvalue weighted by molar-refractivity contribution is 4.84. The fourth-order valence-electron chi connectivity index (χ4n) is 3.31. The topological polar surface area (TPSA) is 38.5 Å². The molecular formula is C13H26N2O. The molecule has 0 bridgehead atoms. The third-order valence-corrected chi connectivity index (χ3v) is 4.22. The van der Waals surface area contributed by atoms with E-state index in [2.05, 4.69) is 4.90 Å².